The van der Waals surface area contributed by atoms with Gasteiger partial charge in [0.2, 0.25) is 5.91 Å². The van der Waals surface area contributed by atoms with Gasteiger partial charge in [-0.25, -0.2) is 4.98 Å². The van der Waals surface area contributed by atoms with Gasteiger partial charge in [0.1, 0.15) is 0 Å². The minimum atomic E-state index is -0.509. The number of aliphatic hydroxyl groups excluding tert-OH is 1. The highest BCUT2D eigenvalue weighted by Crippen LogP contribution is 2.57. The molecule has 1 heterocycles. The van der Waals surface area contributed by atoms with Gasteiger partial charge in [0.05, 0.1) is 18.3 Å². The summed E-state index contributed by atoms with van der Waals surface area (Å²) in [6.45, 7) is 6.72. The third-order valence-corrected chi connectivity index (χ3v) is 7.96. The lowest BCUT2D eigenvalue weighted by molar-refractivity contribution is -0.142. The van der Waals surface area contributed by atoms with Crippen molar-refractivity contribution in [3.05, 3.63) is 10.6 Å². The number of fused-ring (bicyclic) bond motifs is 2. The number of thiazole rings is 1. The van der Waals surface area contributed by atoms with Gasteiger partial charge in [-0.05, 0) is 36.5 Å². The fourth-order valence-corrected chi connectivity index (χ4v) is 6.62. The van der Waals surface area contributed by atoms with Crippen LogP contribution in [0.1, 0.15) is 50.1 Å². The van der Waals surface area contributed by atoms with Crippen LogP contribution < -0.4 is 5.32 Å². The second-order valence-corrected chi connectivity index (χ2v) is 9.69. The monoisotopic (exact) mass is 389 g/mol. The summed E-state index contributed by atoms with van der Waals surface area (Å²) in [6.07, 6.45) is 7.69. The number of carbonyl (C=O) groups excluding carboxylic acids is 1. The molecule has 2 aliphatic carbocycles. The largest absolute Gasteiger partial charge is 0.392 e. The first kappa shape index (κ1) is 20.2. The Hall–Kier alpha value is -1.58. The molecular weight excluding hydrogens is 358 g/mol. The van der Waals surface area contributed by atoms with E-state index in [1.54, 1.807) is 23.3 Å². The molecule has 0 aliphatic heterocycles. The van der Waals surface area contributed by atoms with Gasteiger partial charge in [-0.2, -0.15) is 0 Å². The lowest BCUT2D eigenvalue weighted by Crippen LogP contribution is -2.53. The summed E-state index contributed by atoms with van der Waals surface area (Å²) in [7, 11) is 3.64. The predicted octanol–water partition coefficient (Wildman–Crippen LogP) is 2.97. The highest BCUT2D eigenvalue weighted by atomic mass is 32.1. The first-order valence-electron chi connectivity index (χ1n) is 9.77. The molecule has 1 aromatic rings. The average molecular weight is 390 g/mol. The van der Waals surface area contributed by atoms with Crippen LogP contribution in [0.25, 0.3) is 0 Å². The fourth-order valence-electron chi connectivity index (χ4n) is 5.40. The third kappa shape index (κ3) is 3.36. The molecule has 1 unspecified atom stereocenters. The molecule has 2 N–H and O–H groups in total. The Bertz CT molecular complexity index is 755. The van der Waals surface area contributed by atoms with Gasteiger partial charge in [-0.1, -0.05) is 26.7 Å². The molecule has 0 saturated heterocycles. The number of amides is 1. The summed E-state index contributed by atoms with van der Waals surface area (Å²) < 4.78 is 0. The Labute approximate surface area is 166 Å². The number of aromatic nitrogens is 1. The smallest absolute Gasteiger partial charge is 0.226 e. The van der Waals surface area contributed by atoms with E-state index in [0.29, 0.717) is 6.54 Å². The molecule has 1 amide bonds. The normalized spacial score (nSPS) is 33.4. The molecule has 148 valence electrons. The number of anilines is 1. The van der Waals surface area contributed by atoms with Gasteiger partial charge in [-0.15, -0.1) is 17.8 Å². The van der Waals surface area contributed by atoms with Crippen molar-refractivity contribution in [1.82, 2.24) is 9.88 Å². The molecule has 27 heavy (non-hydrogen) atoms. The molecule has 1 aromatic heterocycles. The van der Waals surface area contributed by atoms with E-state index < -0.39 is 6.10 Å². The standard InChI is InChI=1S/C21H31N3O2S/c1-7-10-24(6)19(26)12(2)14-8-9-21(4)11-15-17(23-20(22-5)27-15)13(3)16(21)18(14)25/h1,12-14,16,18,25H,8-11H2,2-6H3,(H,22,23)/t12-,13-,14?,16+,18-,21-/m0/s1. The van der Waals surface area contributed by atoms with Gasteiger partial charge in [0.15, 0.2) is 5.13 Å². The summed E-state index contributed by atoms with van der Waals surface area (Å²) in [5.41, 5.74) is 1.17. The van der Waals surface area contributed by atoms with Crippen LogP contribution in [0.15, 0.2) is 0 Å². The van der Waals surface area contributed by atoms with Crippen molar-refractivity contribution in [3.63, 3.8) is 0 Å². The summed E-state index contributed by atoms with van der Waals surface area (Å²) >= 11 is 1.73. The van der Waals surface area contributed by atoms with Crippen molar-refractivity contribution in [1.29, 1.82) is 0 Å². The lowest BCUT2D eigenvalue weighted by Gasteiger charge is -2.53. The van der Waals surface area contributed by atoms with Crippen molar-refractivity contribution in [3.8, 4) is 12.3 Å². The number of aliphatic hydroxyl groups is 1. The van der Waals surface area contributed by atoms with E-state index in [1.165, 1.54) is 4.88 Å². The summed E-state index contributed by atoms with van der Waals surface area (Å²) in [5, 5.41) is 15.5. The molecule has 0 aromatic carbocycles. The van der Waals surface area contributed by atoms with Crippen LogP contribution in [0.2, 0.25) is 0 Å². The zero-order chi connectivity index (χ0) is 19.9. The Morgan fingerprint density at radius 1 is 1.59 bits per heavy atom. The maximum Gasteiger partial charge on any atom is 0.226 e. The molecule has 1 fully saturated rings. The van der Waals surface area contributed by atoms with E-state index in [9.17, 15) is 9.90 Å². The number of nitrogens with one attached hydrogen (secondary N) is 1. The van der Waals surface area contributed by atoms with E-state index in [2.05, 4.69) is 25.1 Å². The summed E-state index contributed by atoms with van der Waals surface area (Å²) in [5.74, 6) is 2.57. The van der Waals surface area contributed by atoms with Gasteiger partial charge >= 0.3 is 0 Å². The van der Waals surface area contributed by atoms with Crippen molar-refractivity contribution in [2.24, 2.45) is 23.2 Å². The molecule has 5 nitrogen and oxygen atoms in total. The van der Waals surface area contributed by atoms with E-state index in [-0.39, 0.29) is 35.0 Å². The third-order valence-electron chi connectivity index (χ3n) is 6.87. The van der Waals surface area contributed by atoms with Crippen LogP contribution in [0.3, 0.4) is 0 Å². The highest BCUT2D eigenvalue weighted by molar-refractivity contribution is 7.15. The Morgan fingerprint density at radius 3 is 2.93 bits per heavy atom. The molecule has 0 bridgehead atoms. The van der Waals surface area contributed by atoms with Crippen LogP contribution in [0, 0.1) is 35.5 Å². The number of nitrogens with zero attached hydrogens (tertiary/aromatic N) is 2. The van der Waals surface area contributed by atoms with E-state index >= 15 is 0 Å². The molecule has 3 rings (SSSR count). The van der Waals surface area contributed by atoms with Crippen molar-refractivity contribution in [2.45, 2.75) is 52.1 Å². The second kappa shape index (κ2) is 7.44. The Kier molecular flexibility index (Phi) is 5.56. The number of hydrogen-bond acceptors (Lipinski definition) is 5. The fraction of sp³-hybridized carbons (Fsp3) is 0.714. The lowest BCUT2D eigenvalue weighted by atomic mass is 9.53. The molecule has 1 saturated carbocycles. The number of hydrogen-bond donors (Lipinski definition) is 2. The first-order valence-corrected chi connectivity index (χ1v) is 10.6. The average Bonchev–Trinajstić information content (AvgIpc) is 3.03. The van der Waals surface area contributed by atoms with Gasteiger partial charge in [-0.3, -0.25) is 4.79 Å². The number of terminal acetylenes is 1. The van der Waals surface area contributed by atoms with Gasteiger partial charge in [0, 0.05) is 30.8 Å². The predicted molar refractivity (Wildman–Crippen MR) is 110 cm³/mol. The van der Waals surface area contributed by atoms with E-state index in [1.807, 2.05) is 14.0 Å². The van der Waals surface area contributed by atoms with Crippen LogP contribution in [0.4, 0.5) is 5.13 Å². The molecule has 6 heteroatoms. The van der Waals surface area contributed by atoms with Crippen LogP contribution in [0.5, 0.6) is 0 Å². The highest BCUT2D eigenvalue weighted by Gasteiger charge is 2.54. The zero-order valence-corrected chi connectivity index (χ0v) is 17.8. The van der Waals surface area contributed by atoms with Crippen molar-refractivity contribution < 1.29 is 9.90 Å². The van der Waals surface area contributed by atoms with Crippen molar-refractivity contribution in [2.75, 3.05) is 26.0 Å². The molecule has 2 aliphatic rings. The minimum absolute atomic E-state index is 0.0240. The SMILES string of the molecule is C#CCN(C)C(=O)[C@@H](C)C1CC[C@@]2(C)Cc3sc(NC)nc3[C@@H](C)[C@@H]2[C@H]1O. The first-order chi connectivity index (χ1) is 12.7. The van der Waals surface area contributed by atoms with E-state index in [0.717, 1.165) is 30.1 Å². The Morgan fingerprint density at radius 2 is 2.30 bits per heavy atom. The maximum absolute atomic E-state index is 12.7. The molecule has 0 spiro atoms. The zero-order valence-electron chi connectivity index (χ0n) is 17.0. The molecule has 6 atom stereocenters. The molecular formula is C21H31N3O2S. The van der Waals surface area contributed by atoms with Crippen LogP contribution in [-0.2, 0) is 11.2 Å². The van der Waals surface area contributed by atoms with Crippen LogP contribution in [-0.4, -0.2) is 47.6 Å². The topological polar surface area (TPSA) is 65.5 Å². The molecule has 0 radical (unpaired) electrons. The number of rotatable bonds is 4. The Balaban J connectivity index is 1.86. The van der Waals surface area contributed by atoms with Gasteiger partial charge < -0.3 is 15.3 Å². The summed E-state index contributed by atoms with van der Waals surface area (Å²) in [4.78, 5) is 20.4. The maximum atomic E-state index is 12.7. The van der Waals surface area contributed by atoms with Crippen molar-refractivity contribution >= 4 is 22.4 Å². The summed E-state index contributed by atoms with van der Waals surface area (Å²) in [6, 6.07) is 0. The second-order valence-electron chi connectivity index (χ2n) is 8.60. The van der Waals surface area contributed by atoms with E-state index in [4.69, 9.17) is 11.4 Å². The minimum Gasteiger partial charge on any atom is -0.392 e. The number of carbonyl (C=O) groups is 1. The quantitative estimate of drug-likeness (QED) is 0.777. The van der Waals surface area contributed by atoms with Gasteiger partial charge in [0.25, 0.3) is 0 Å². The van der Waals surface area contributed by atoms with Crippen LogP contribution >= 0.6 is 11.3 Å².